The highest BCUT2D eigenvalue weighted by Gasteiger charge is 2.16. The number of nitrogens with one attached hydrogen (secondary N) is 1. The van der Waals surface area contributed by atoms with E-state index in [0.717, 1.165) is 0 Å². The van der Waals surface area contributed by atoms with Gasteiger partial charge in [0, 0.05) is 30.7 Å². The zero-order chi connectivity index (χ0) is 12.9. The van der Waals surface area contributed by atoms with Crippen molar-refractivity contribution >= 4 is 0 Å². The molecular formula is C13H20FNO2. The van der Waals surface area contributed by atoms with Gasteiger partial charge in [0.2, 0.25) is 0 Å². The first kappa shape index (κ1) is 13.9. The lowest BCUT2D eigenvalue weighted by molar-refractivity contribution is 0.156. The van der Waals surface area contributed by atoms with Crippen molar-refractivity contribution in [2.75, 3.05) is 20.3 Å². The van der Waals surface area contributed by atoms with Crippen molar-refractivity contribution in [2.24, 2.45) is 5.41 Å². The van der Waals surface area contributed by atoms with Crippen LogP contribution in [0.3, 0.4) is 0 Å². The molecule has 96 valence electrons. The first-order valence-electron chi connectivity index (χ1n) is 5.63. The number of aliphatic hydroxyl groups is 1. The normalized spacial score (nSPS) is 11.6. The van der Waals surface area contributed by atoms with Gasteiger partial charge in [-0.1, -0.05) is 26.0 Å². The molecule has 0 heterocycles. The smallest absolute Gasteiger partial charge is 0.169 e. The summed E-state index contributed by atoms with van der Waals surface area (Å²) in [6.07, 6.45) is 0. The Morgan fingerprint density at radius 3 is 2.71 bits per heavy atom. The fourth-order valence-electron chi connectivity index (χ4n) is 1.44. The van der Waals surface area contributed by atoms with Crippen LogP contribution in [0.25, 0.3) is 0 Å². The van der Waals surface area contributed by atoms with E-state index in [2.05, 4.69) is 5.32 Å². The quantitative estimate of drug-likeness (QED) is 0.799. The molecular weight excluding hydrogens is 221 g/mol. The largest absolute Gasteiger partial charge is 0.494 e. The first-order valence-corrected chi connectivity index (χ1v) is 5.63. The van der Waals surface area contributed by atoms with Gasteiger partial charge in [0.1, 0.15) is 0 Å². The molecule has 0 fully saturated rings. The summed E-state index contributed by atoms with van der Waals surface area (Å²) < 4.78 is 18.7. The van der Waals surface area contributed by atoms with E-state index in [0.29, 0.717) is 18.7 Å². The summed E-state index contributed by atoms with van der Waals surface area (Å²) in [4.78, 5) is 0. The molecule has 0 spiro atoms. The SMILES string of the molecule is COc1cccc(CNCC(C)(C)CO)c1F. The van der Waals surface area contributed by atoms with E-state index in [9.17, 15) is 4.39 Å². The molecule has 4 heteroatoms. The molecule has 0 amide bonds. The van der Waals surface area contributed by atoms with Gasteiger partial charge in [0.15, 0.2) is 11.6 Å². The molecule has 0 bridgehead atoms. The van der Waals surface area contributed by atoms with Crippen molar-refractivity contribution in [3.05, 3.63) is 29.6 Å². The van der Waals surface area contributed by atoms with Crippen LogP contribution in [0.5, 0.6) is 5.75 Å². The molecule has 0 saturated carbocycles. The average Bonchev–Trinajstić information content (AvgIpc) is 2.31. The lowest BCUT2D eigenvalue weighted by Gasteiger charge is -2.22. The second kappa shape index (κ2) is 5.98. The predicted octanol–water partition coefficient (Wildman–Crippen LogP) is 1.94. The number of methoxy groups -OCH3 is 1. The standard InChI is InChI=1S/C13H20FNO2/c1-13(2,9-16)8-15-7-10-5-4-6-11(17-3)12(10)14/h4-6,15-16H,7-9H2,1-3H3. The summed E-state index contributed by atoms with van der Waals surface area (Å²) in [5.41, 5.74) is 0.369. The number of halogens is 1. The number of ether oxygens (including phenoxy) is 1. The summed E-state index contributed by atoms with van der Waals surface area (Å²) in [6.45, 7) is 5.04. The molecule has 0 unspecified atom stereocenters. The van der Waals surface area contributed by atoms with Crippen molar-refractivity contribution in [3.63, 3.8) is 0 Å². The van der Waals surface area contributed by atoms with E-state index in [1.54, 1.807) is 18.2 Å². The van der Waals surface area contributed by atoms with Crippen LogP contribution in [-0.4, -0.2) is 25.4 Å². The molecule has 1 rings (SSSR count). The van der Waals surface area contributed by atoms with Crippen LogP contribution >= 0.6 is 0 Å². The molecule has 0 radical (unpaired) electrons. The average molecular weight is 241 g/mol. The Bertz CT molecular complexity index is 366. The Balaban J connectivity index is 2.58. The minimum absolute atomic E-state index is 0.0978. The molecule has 3 nitrogen and oxygen atoms in total. The Morgan fingerprint density at radius 1 is 1.41 bits per heavy atom. The van der Waals surface area contributed by atoms with Gasteiger partial charge in [0.25, 0.3) is 0 Å². The summed E-state index contributed by atoms with van der Waals surface area (Å²) in [7, 11) is 1.45. The van der Waals surface area contributed by atoms with E-state index in [4.69, 9.17) is 9.84 Å². The molecule has 17 heavy (non-hydrogen) atoms. The van der Waals surface area contributed by atoms with E-state index in [-0.39, 0.29) is 23.6 Å². The molecule has 0 atom stereocenters. The van der Waals surface area contributed by atoms with Crippen LogP contribution < -0.4 is 10.1 Å². The maximum atomic E-state index is 13.8. The number of hydrogen-bond acceptors (Lipinski definition) is 3. The minimum Gasteiger partial charge on any atom is -0.494 e. The van der Waals surface area contributed by atoms with Crippen LogP contribution in [0.4, 0.5) is 4.39 Å². The zero-order valence-electron chi connectivity index (χ0n) is 10.6. The highest BCUT2D eigenvalue weighted by atomic mass is 19.1. The van der Waals surface area contributed by atoms with Crippen LogP contribution in [-0.2, 0) is 6.54 Å². The zero-order valence-corrected chi connectivity index (χ0v) is 10.6. The third-order valence-electron chi connectivity index (χ3n) is 2.61. The second-order valence-corrected chi connectivity index (χ2v) is 4.86. The van der Waals surface area contributed by atoms with Crippen molar-refractivity contribution in [1.82, 2.24) is 5.32 Å². The summed E-state index contributed by atoms with van der Waals surface area (Å²) in [5.74, 6) is -0.0741. The van der Waals surface area contributed by atoms with Gasteiger partial charge < -0.3 is 15.2 Å². The van der Waals surface area contributed by atoms with E-state index in [1.807, 2.05) is 13.8 Å². The van der Waals surface area contributed by atoms with Gasteiger partial charge in [-0.05, 0) is 6.07 Å². The van der Waals surface area contributed by atoms with Crippen LogP contribution in [0.1, 0.15) is 19.4 Å². The fraction of sp³-hybridized carbons (Fsp3) is 0.538. The Labute approximate surface area is 102 Å². The molecule has 2 N–H and O–H groups in total. The topological polar surface area (TPSA) is 41.5 Å². The molecule has 0 aliphatic rings. The van der Waals surface area contributed by atoms with Gasteiger partial charge in [-0.25, -0.2) is 4.39 Å². The predicted molar refractivity (Wildman–Crippen MR) is 65.5 cm³/mol. The lowest BCUT2D eigenvalue weighted by atomic mass is 9.95. The van der Waals surface area contributed by atoms with E-state index in [1.165, 1.54) is 7.11 Å². The van der Waals surface area contributed by atoms with Crippen molar-refractivity contribution in [3.8, 4) is 5.75 Å². The third-order valence-corrected chi connectivity index (χ3v) is 2.61. The van der Waals surface area contributed by atoms with Crippen LogP contribution in [0.15, 0.2) is 18.2 Å². The van der Waals surface area contributed by atoms with Crippen molar-refractivity contribution in [2.45, 2.75) is 20.4 Å². The molecule has 0 aliphatic heterocycles. The third kappa shape index (κ3) is 3.98. The second-order valence-electron chi connectivity index (χ2n) is 4.86. The number of aliphatic hydroxyl groups excluding tert-OH is 1. The number of hydrogen-bond donors (Lipinski definition) is 2. The molecule has 0 saturated heterocycles. The number of benzene rings is 1. The molecule has 1 aromatic carbocycles. The summed E-state index contributed by atoms with van der Waals surface area (Å²) >= 11 is 0. The minimum atomic E-state index is -0.329. The molecule has 0 aromatic heterocycles. The Morgan fingerprint density at radius 2 is 2.12 bits per heavy atom. The monoisotopic (exact) mass is 241 g/mol. The molecule has 0 aliphatic carbocycles. The van der Waals surface area contributed by atoms with Gasteiger partial charge in [0.05, 0.1) is 7.11 Å². The van der Waals surface area contributed by atoms with Crippen molar-refractivity contribution < 1.29 is 14.2 Å². The van der Waals surface area contributed by atoms with Gasteiger partial charge >= 0.3 is 0 Å². The molecule has 1 aromatic rings. The lowest BCUT2D eigenvalue weighted by Crippen LogP contribution is -2.32. The summed E-state index contributed by atoms with van der Waals surface area (Å²) in [5, 5.41) is 12.2. The van der Waals surface area contributed by atoms with Crippen molar-refractivity contribution in [1.29, 1.82) is 0 Å². The van der Waals surface area contributed by atoms with Crippen LogP contribution in [0.2, 0.25) is 0 Å². The fourth-order valence-corrected chi connectivity index (χ4v) is 1.44. The summed E-state index contributed by atoms with van der Waals surface area (Å²) in [6, 6.07) is 5.07. The Kier molecular flexibility index (Phi) is 4.90. The number of rotatable bonds is 6. The Hall–Kier alpha value is -1.13. The van der Waals surface area contributed by atoms with Crippen LogP contribution in [0, 0.1) is 11.2 Å². The van der Waals surface area contributed by atoms with Gasteiger partial charge in [-0.15, -0.1) is 0 Å². The first-order chi connectivity index (χ1) is 8.00. The van der Waals surface area contributed by atoms with Gasteiger partial charge in [-0.3, -0.25) is 0 Å². The maximum Gasteiger partial charge on any atom is 0.169 e. The van der Waals surface area contributed by atoms with E-state index >= 15 is 0 Å². The highest BCUT2D eigenvalue weighted by molar-refractivity contribution is 5.30. The maximum absolute atomic E-state index is 13.8. The van der Waals surface area contributed by atoms with E-state index < -0.39 is 0 Å². The highest BCUT2D eigenvalue weighted by Crippen LogP contribution is 2.20. The van der Waals surface area contributed by atoms with Gasteiger partial charge in [-0.2, -0.15) is 0 Å².